The van der Waals surface area contributed by atoms with Crippen LogP contribution in [0, 0.1) is 13.8 Å². The molecule has 182 valence electrons. The molecule has 0 radical (unpaired) electrons. The Hall–Kier alpha value is -2.59. The molecule has 0 bridgehead atoms. The Bertz CT molecular complexity index is 1080. The third-order valence-corrected chi connectivity index (χ3v) is 5.44. The highest BCUT2D eigenvalue weighted by Crippen LogP contribution is 2.24. The molecule has 1 aliphatic rings. The minimum Gasteiger partial charge on any atom is -0.488 e. The number of aliphatic imine (C=N–C) groups is 1. The third kappa shape index (κ3) is 7.20. The zero-order chi connectivity index (χ0) is 23.0. The summed E-state index contributed by atoms with van der Waals surface area (Å²) >= 11 is 0. The first-order valence-electron chi connectivity index (χ1n) is 11.5. The van der Waals surface area contributed by atoms with Crippen molar-refractivity contribution in [2.45, 2.75) is 46.4 Å². The van der Waals surface area contributed by atoms with Crippen LogP contribution in [0.1, 0.15) is 35.7 Å². The summed E-state index contributed by atoms with van der Waals surface area (Å²) < 4.78 is 17.3. The molecule has 0 amide bonds. The number of guanidine groups is 1. The Morgan fingerprint density at radius 1 is 1.12 bits per heavy atom. The van der Waals surface area contributed by atoms with Gasteiger partial charge in [-0.05, 0) is 44.5 Å². The van der Waals surface area contributed by atoms with Gasteiger partial charge in [0.15, 0.2) is 5.96 Å². The molecule has 0 aliphatic carbocycles. The van der Waals surface area contributed by atoms with E-state index < -0.39 is 0 Å². The second kappa shape index (κ2) is 12.8. The molecule has 2 aromatic carbocycles. The average molecular weight is 576 g/mol. The molecule has 1 saturated heterocycles. The molecule has 2 N–H and O–H groups in total. The maximum absolute atomic E-state index is 6.20. The van der Waals surface area contributed by atoms with E-state index in [-0.39, 0.29) is 30.1 Å². The minimum absolute atomic E-state index is 0. The Morgan fingerprint density at radius 2 is 1.91 bits per heavy atom. The van der Waals surface area contributed by atoms with Crippen molar-refractivity contribution in [2.75, 3.05) is 19.8 Å². The summed E-state index contributed by atoms with van der Waals surface area (Å²) in [6.45, 7) is 9.35. The van der Waals surface area contributed by atoms with Crippen LogP contribution in [-0.2, 0) is 17.8 Å². The number of nitrogens with zero attached hydrogens (tertiary/aromatic N) is 2. The Labute approximate surface area is 218 Å². The third-order valence-electron chi connectivity index (χ3n) is 5.44. The first-order valence-corrected chi connectivity index (χ1v) is 11.5. The van der Waals surface area contributed by atoms with Gasteiger partial charge in [0.1, 0.15) is 18.1 Å². The van der Waals surface area contributed by atoms with Gasteiger partial charge in [0, 0.05) is 24.1 Å². The second-order valence-electron chi connectivity index (χ2n) is 8.27. The highest BCUT2D eigenvalue weighted by atomic mass is 127. The molecule has 3 aromatic rings. The number of rotatable bonds is 8. The normalized spacial score (nSPS) is 15.6. The Morgan fingerprint density at radius 3 is 2.65 bits per heavy atom. The molecule has 1 aliphatic heterocycles. The molecule has 7 nitrogen and oxygen atoms in total. The van der Waals surface area contributed by atoms with E-state index in [2.05, 4.69) is 59.8 Å². The van der Waals surface area contributed by atoms with Crippen LogP contribution in [-0.4, -0.2) is 36.8 Å². The fourth-order valence-electron chi connectivity index (χ4n) is 3.58. The number of aromatic nitrogens is 1. The van der Waals surface area contributed by atoms with Crippen molar-refractivity contribution >= 4 is 29.9 Å². The van der Waals surface area contributed by atoms with Crippen molar-refractivity contribution in [3.63, 3.8) is 0 Å². The number of aryl methyl sites for hydroxylation is 2. The maximum Gasteiger partial charge on any atom is 0.226 e. The lowest BCUT2D eigenvalue weighted by atomic mass is 10.1. The van der Waals surface area contributed by atoms with Gasteiger partial charge in [-0.15, -0.1) is 24.0 Å². The van der Waals surface area contributed by atoms with Crippen LogP contribution in [0.15, 0.2) is 58.1 Å². The van der Waals surface area contributed by atoms with Crippen LogP contribution in [0.3, 0.4) is 0 Å². The van der Waals surface area contributed by atoms with Crippen LogP contribution in [0.4, 0.5) is 0 Å². The fourth-order valence-corrected chi connectivity index (χ4v) is 3.58. The highest BCUT2D eigenvalue weighted by Gasteiger charge is 2.18. The minimum atomic E-state index is 0. The Kier molecular flexibility index (Phi) is 9.76. The summed E-state index contributed by atoms with van der Waals surface area (Å²) in [7, 11) is 0. The summed E-state index contributed by atoms with van der Waals surface area (Å²) in [6, 6.07) is 14.4. The molecule has 0 spiro atoms. The summed E-state index contributed by atoms with van der Waals surface area (Å²) in [5, 5.41) is 6.63. The predicted molar refractivity (Wildman–Crippen MR) is 145 cm³/mol. The molecule has 1 unspecified atom stereocenters. The van der Waals surface area contributed by atoms with Gasteiger partial charge in [0.25, 0.3) is 0 Å². The topological polar surface area (TPSA) is 80.9 Å². The average Bonchev–Trinajstić information content (AvgIpc) is 3.49. The molecule has 1 aromatic heterocycles. The van der Waals surface area contributed by atoms with Gasteiger partial charge in [0.2, 0.25) is 5.89 Å². The zero-order valence-electron chi connectivity index (χ0n) is 20.0. The van der Waals surface area contributed by atoms with Crippen molar-refractivity contribution in [3.8, 4) is 17.2 Å². The van der Waals surface area contributed by atoms with Crippen molar-refractivity contribution in [1.82, 2.24) is 15.6 Å². The van der Waals surface area contributed by atoms with E-state index in [1.54, 1.807) is 6.26 Å². The van der Waals surface area contributed by atoms with Gasteiger partial charge in [-0.3, -0.25) is 0 Å². The van der Waals surface area contributed by atoms with Gasteiger partial charge < -0.3 is 24.5 Å². The fraction of sp³-hybridized carbons (Fsp3) is 0.385. The molecule has 0 saturated carbocycles. The van der Waals surface area contributed by atoms with Crippen molar-refractivity contribution in [3.05, 3.63) is 71.1 Å². The van der Waals surface area contributed by atoms with E-state index in [1.807, 2.05) is 19.1 Å². The largest absolute Gasteiger partial charge is 0.488 e. The van der Waals surface area contributed by atoms with E-state index in [0.29, 0.717) is 31.5 Å². The zero-order valence-corrected chi connectivity index (χ0v) is 22.3. The van der Waals surface area contributed by atoms with E-state index in [4.69, 9.17) is 18.9 Å². The van der Waals surface area contributed by atoms with Crippen molar-refractivity contribution in [2.24, 2.45) is 4.99 Å². The molecule has 1 fully saturated rings. The van der Waals surface area contributed by atoms with Crippen LogP contribution >= 0.6 is 24.0 Å². The lowest BCUT2D eigenvalue weighted by Gasteiger charge is -2.16. The van der Waals surface area contributed by atoms with Crippen LogP contribution < -0.4 is 15.4 Å². The van der Waals surface area contributed by atoms with E-state index in [1.165, 1.54) is 5.56 Å². The van der Waals surface area contributed by atoms with E-state index in [0.717, 1.165) is 47.7 Å². The van der Waals surface area contributed by atoms with Crippen LogP contribution in [0.5, 0.6) is 5.75 Å². The summed E-state index contributed by atoms with van der Waals surface area (Å²) in [5.74, 6) is 2.21. The summed E-state index contributed by atoms with van der Waals surface area (Å²) in [4.78, 5) is 9.36. The molecule has 4 rings (SSSR count). The maximum atomic E-state index is 6.20. The first-order chi connectivity index (χ1) is 16.1. The number of ether oxygens (including phenoxy) is 2. The number of hydrogen-bond donors (Lipinski definition) is 2. The van der Waals surface area contributed by atoms with Gasteiger partial charge in [-0.25, -0.2) is 9.98 Å². The van der Waals surface area contributed by atoms with Crippen LogP contribution in [0.25, 0.3) is 11.5 Å². The molecule has 8 heteroatoms. The quantitative estimate of drug-likeness (QED) is 0.223. The number of nitrogens with one attached hydrogen (secondary N) is 2. The standard InChI is InChI=1S/C26H32N4O3.HI/c1-4-27-26(29-15-22-16-32-25(30-22)20-8-5-18(2)6-9-20)28-14-21-10-7-19(3)13-24(21)33-23-11-12-31-17-23;/h5-10,13,16,23H,4,11-12,14-15,17H2,1-3H3,(H2,27,28,29);1H. The monoisotopic (exact) mass is 576 g/mol. The lowest BCUT2D eigenvalue weighted by Crippen LogP contribution is -2.36. The van der Waals surface area contributed by atoms with Crippen molar-refractivity contribution in [1.29, 1.82) is 0 Å². The summed E-state index contributed by atoms with van der Waals surface area (Å²) in [5.41, 5.74) is 5.20. The number of oxazole rings is 1. The molecule has 2 heterocycles. The highest BCUT2D eigenvalue weighted by molar-refractivity contribution is 14.0. The molecular weight excluding hydrogens is 543 g/mol. The number of halogens is 1. The first kappa shape index (κ1) is 26.0. The SMILES string of the molecule is CCNC(=NCc1ccc(C)cc1OC1CCOC1)NCc1coc(-c2ccc(C)cc2)n1.I. The molecule has 34 heavy (non-hydrogen) atoms. The van der Waals surface area contributed by atoms with Gasteiger partial charge in [0.05, 0.1) is 32.0 Å². The van der Waals surface area contributed by atoms with Gasteiger partial charge >= 0.3 is 0 Å². The number of benzene rings is 2. The van der Waals surface area contributed by atoms with E-state index in [9.17, 15) is 0 Å². The van der Waals surface area contributed by atoms with Crippen molar-refractivity contribution < 1.29 is 13.9 Å². The summed E-state index contributed by atoms with van der Waals surface area (Å²) in [6.07, 6.45) is 2.71. The van der Waals surface area contributed by atoms with Crippen LogP contribution in [0.2, 0.25) is 0 Å². The van der Waals surface area contributed by atoms with Gasteiger partial charge in [-0.2, -0.15) is 0 Å². The van der Waals surface area contributed by atoms with Gasteiger partial charge in [-0.1, -0.05) is 29.8 Å². The second-order valence-corrected chi connectivity index (χ2v) is 8.27. The predicted octanol–water partition coefficient (Wildman–Crippen LogP) is 5.00. The lowest BCUT2D eigenvalue weighted by molar-refractivity contribution is 0.140. The molecular formula is C26H33IN4O3. The smallest absolute Gasteiger partial charge is 0.226 e. The number of hydrogen-bond acceptors (Lipinski definition) is 5. The van der Waals surface area contributed by atoms with E-state index >= 15 is 0 Å². The molecule has 1 atom stereocenters. The Balaban J connectivity index is 0.00000324.